The molecular weight excluding hydrogens is 443 g/mol. The number of methoxy groups -OCH3 is 1. The van der Waals surface area contributed by atoms with Crippen molar-refractivity contribution in [2.24, 2.45) is 0 Å². The van der Waals surface area contributed by atoms with Crippen LogP contribution in [0.4, 0.5) is 0 Å². The molecule has 0 radical (unpaired) electrons. The summed E-state index contributed by atoms with van der Waals surface area (Å²) >= 11 is 2.06. The number of ketones is 1. The first-order chi connectivity index (χ1) is 12.5. The van der Waals surface area contributed by atoms with Gasteiger partial charge < -0.3 is 9.47 Å². The number of hydrogen-bond acceptors (Lipinski definition) is 4. The van der Waals surface area contributed by atoms with E-state index < -0.39 is 11.4 Å². The van der Waals surface area contributed by atoms with Crippen molar-refractivity contribution < 1.29 is 19.1 Å². The average Bonchev–Trinajstić information content (AvgIpc) is 2.66. The highest BCUT2D eigenvalue weighted by atomic mass is 127. The summed E-state index contributed by atoms with van der Waals surface area (Å²) in [4.78, 5) is 26.0. The largest absolute Gasteiger partial charge is 0.497 e. The molecule has 0 spiro atoms. The van der Waals surface area contributed by atoms with E-state index in [2.05, 4.69) is 22.6 Å². The summed E-state index contributed by atoms with van der Waals surface area (Å²) in [6.07, 6.45) is 0. The lowest BCUT2D eigenvalue weighted by atomic mass is 9.69. The topological polar surface area (TPSA) is 52.6 Å². The summed E-state index contributed by atoms with van der Waals surface area (Å²) < 4.78 is 12.3. The van der Waals surface area contributed by atoms with Crippen LogP contribution in [0.25, 0.3) is 5.57 Å². The van der Waals surface area contributed by atoms with E-state index in [-0.39, 0.29) is 12.4 Å². The van der Waals surface area contributed by atoms with Crippen LogP contribution in [-0.4, -0.2) is 25.5 Å². The molecule has 2 rings (SSSR count). The second-order valence-corrected chi connectivity index (χ2v) is 6.27. The van der Waals surface area contributed by atoms with Crippen molar-refractivity contribution in [3.8, 4) is 5.75 Å². The quantitative estimate of drug-likeness (QED) is 0.343. The Kier molecular flexibility index (Phi) is 6.97. The molecule has 26 heavy (non-hydrogen) atoms. The Morgan fingerprint density at radius 1 is 1.08 bits per heavy atom. The van der Waals surface area contributed by atoms with Crippen molar-refractivity contribution in [3.05, 3.63) is 69.8 Å². The SMILES string of the molecule is CCOC(=O)C(C(C)=O)(/C(=C/I)c1ccc(OC)cc1)c1ccccc1. The molecule has 1 unspecified atom stereocenters. The third-order valence-corrected chi connectivity index (χ3v) is 4.85. The molecule has 0 aliphatic heterocycles. The molecule has 0 saturated heterocycles. The van der Waals surface area contributed by atoms with Gasteiger partial charge in [-0.25, -0.2) is 0 Å². The van der Waals surface area contributed by atoms with Crippen molar-refractivity contribution >= 4 is 39.9 Å². The van der Waals surface area contributed by atoms with E-state index in [0.29, 0.717) is 16.9 Å². The number of benzene rings is 2. The van der Waals surface area contributed by atoms with Gasteiger partial charge in [-0.1, -0.05) is 65.1 Å². The Hall–Kier alpha value is -2.15. The third kappa shape index (κ3) is 3.67. The molecule has 0 aromatic heterocycles. The van der Waals surface area contributed by atoms with E-state index in [9.17, 15) is 9.59 Å². The van der Waals surface area contributed by atoms with Crippen LogP contribution in [0, 0.1) is 0 Å². The van der Waals surface area contributed by atoms with Crippen LogP contribution in [-0.2, 0) is 19.7 Å². The molecule has 0 amide bonds. The van der Waals surface area contributed by atoms with Crippen LogP contribution in [0.2, 0.25) is 0 Å². The standard InChI is InChI=1S/C21H21IO4/c1-4-26-20(24)21(15(2)23,17-8-6-5-7-9-17)19(14-22)16-10-12-18(25-3)13-11-16/h5-14H,4H2,1-3H3/b19-14+. The number of rotatable bonds is 7. The fraction of sp³-hybridized carbons (Fsp3) is 0.238. The molecule has 2 aromatic carbocycles. The summed E-state index contributed by atoms with van der Waals surface area (Å²) in [6.45, 7) is 3.35. The Labute approximate surface area is 167 Å². The third-order valence-electron chi connectivity index (χ3n) is 4.23. The molecule has 2 aromatic rings. The number of Topliss-reactive ketones (excluding diaryl/α,β-unsaturated/α-hetero) is 1. The Balaban J connectivity index is 2.75. The number of hydrogen-bond donors (Lipinski definition) is 0. The molecule has 0 saturated carbocycles. The number of ether oxygens (including phenoxy) is 2. The maximum atomic E-state index is 13.1. The van der Waals surface area contributed by atoms with Crippen molar-refractivity contribution in [1.29, 1.82) is 0 Å². The van der Waals surface area contributed by atoms with E-state index in [1.165, 1.54) is 6.92 Å². The Morgan fingerprint density at radius 2 is 1.69 bits per heavy atom. The van der Waals surface area contributed by atoms with Gasteiger partial charge in [-0.2, -0.15) is 0 Å². The zero-order valence-corrected chi connectivity index (χ0v) is 17.1. The zero-order valence-electron chi connectivity index (χ0n) is 15.0. The molecule has 0 heterocycles. The van der Waals surface area contributed by atoms with Gasteiger partial charge in [0, 0.05) is 0 Å². The van der Waals surface area contributed by atoms with E-state index >= 15 is 0 Å². The molecule has 1 atom stereocenters. The molecule has 0 N–H and O–H groups in total. The monoisotopic (exact) mass is 464 g/mol. The predicted octanol–water partition coefficient (Wildman–Crippen LogP) is 4.56. The molecule has 0 aliphatic rings. The smallest absolute Gasteiger partial charge is 0.328 e. The van der Waals surface area contributed by atoms with E-state index in [4.69, 9.17) is 9.47 Å². The van der Waals surface area contributed by atoms with E-state index in [1.807, 2.05) is 30.3 Å². The highest BCUT2D eigenvalue weighted by Crippen LogP contribution is 2.42. The Morgan fingerprint density at radius 3 is 2.15 bits per heavy atom. The van der Waals surface area contributed by atoms with Gasteiger partial charge in [0.2, 0.25) is 0 Å². The number of carbonyl (C=O) groups excluding carboxylic acids is 2. The first kappa shape index (κ1) is 20.2. The number of carbonyl (C=O) groups is 2. The van der Waals surface area contributed by atoms with E-state index in [0.717, 1.165) is 5.56 Å². The second kappa shape index (κ2) is 8.98. The first-order valence-electron chi connectivity index (χ1n) is 8.21. The van der Waals surface area contributed by atoms with Crippen molar-refractivity contribution in [1.82, 2.24) is 0 Å². The summed E-state index contributed by atoms with van der Waals surface area (Å²) in [5.74, 6) is -0.163. The van der Waals surface area contributed by atoms with Gasteiger partial charge in [-0.05, 0) is 46.8 Å². The zero-order chi connectivity index (χ0) is 19.2. The number of esters is 1. The molecule has 0 bridgehead atoms. The first-order valence-corrected chi connectivity index (χ1v) is 9.46. The summed E-state index contributed by atoms with van der Waals surface area (Å²) in [6, 6.07) is 16.3. The van der Waals surface area contributed by atoms with E-state index in [1.54, 1.807) is 42.4 Å². The van der Waals surface area contributed by atoms with Crippen LogP contribution >= 0.6 is 22.6 Å². The summed E-state index contributed by atoms with van der Waals surface area (Å²) in [5, 5.41) is 0. The van der Waals surface area contributed by atoms with Gasteiger partial charge in [0.05, 0.1) is 13.7 Å². The molecule has 5 heteroatoms. The number of halogens is 1. The maximum Gasteiger partial charge on any atom is 0.328 e. The van der Waals surface area contributed by atoms with Gasteiger partial charge in [0.25, 0.3) is 0 Å². The van der Waals surface area contributed by atoms with Gasteiger partial charge in [-0.3, -0.25) is 9.59 Å². The normalized spacial score (nSPS) is 13.6. The summed E-state index contributed by atoms with van der Waals surface area (Å²) in [7, 11) is 1.59. The fourth-order valence-corrected chi connectivity index (χ4v) is 3.81. The fourth-order valence-electron chi connectivity index (χ4n) is 2.98. The van der Waals surface area contributed by atoms with Crippen LogP contribution in [0.5, 0.6) is 5.75 Å². The van der Waals surface area contributed by atoms with Crippen LogP contribution in [0.1, 0.15) is 25.0 Å². The highest BCUT2D eigenvalue weighted by molar-refractivity contribution is 14.1. The molecular formula is C21H21IO4. The van der Waals surface area contributed by atoms with Gasteiger partial charge >= 0.3 is 5.97 Å². The minimum Gasteiger partial charge on any atom is -0.497 e. The molecule has 4 nitrogen and oxygen atoms in total. The summed E-state index contributed by atoms with van der Waals surface area (Å²) in [5.41, 5.74) is 0.405. The maximum absolute atomic E-state index is 13.1. The van der Waals surface area contributed by atoms with Gasteiger partial charge in [-0.15, -0.1) is 0 Å². The average molecular weight is 464 g/mol. The molecule has 136 valence electrons. The van der Waals surface area contributed by atoms with Crippen molar-refractivity contribution in [3.63, 3.8) is 0 Å². The van der Waals surface area contributed by atoms with Crippen molar-refractivity contribution in [2.45, 2.75) is 19.3 Å². The van der Waals surface area contributed by atoms with Gasteiger partial charge in [0.15, 0.2) is 11.2 Å². The lowest BCUT2D eigenvalue weighted by Crippen LogP contribution is -2.45. The molecule has 0 aliphatic carbocycles. The minimum atomic E-state index is -1.52. The van der Waals surface area contributed by atoms with Gasteiger partial charge in [0.1, 0.15) is 5.75 Å². The lowest BCUT2D eigenvalue weighted by Gasteiger charge is -2.32. The Bertz CT molecular complexity index is 797. The highest BCUT2D eigenvalue weighted by Gasteiger charge is 2.50. The van der Waals surface area contributed by atoms with Crippen LogP contribution < -0.4 is 4.74 Å². The molecule has 0 fully saturated rings. The van der Waals surface area contributed by atoms with Crippen LogP contribution in [0.15, 0.2) is 58.7 Å². The lowest BCUT2D eigenvalue weighted by molar-refractivity contribution is -0.150. The predicted molar refractivity (Wildman–Crippen MR) is 110 cm³/mol. The minimum absolute atomic E-state index is 0.192. The second-order valence-electron chi connectivity index (χ2n) is 5.64. The van der Waals surface area contributed by atoms with Crippen molar-refractivity contribution in [2.75, 3.05) is 13.7 Å². The van der Waals surface area contributed by atoms with Crippen LogP contribution in [0.3, 0.4) is 0 Å².